The molecule has 0 spiro atoms. The highest BCUT2D eigenvalue weighted by Crippen LogP contribution is 2.29. The van der Waals surface area contributed by atoms with Crippen molar-refractivity contribution in [1.29, 1.82) is 0 Å². The maximum absolute atomic E-state index is 12.4. The largest absolute Gasteiger partial charge is 0.496 e. The van der Waals surface area contributed by atoms with Crippen molar-refractivity contribution in [1.82, 2.24) is 15.5 Å². The van der Waals surface area contributed by atoms with Crippen LogP contribution in [0.25, 0.3) is 0 Å². The number of aromatic amines is 1. The third-order valence-electron chi connectivity index (χ3n) is 4.04. The molecule has 2 aromatic rings. The first-order valence-electron chi connectivity index (χ1n) is 7.54. The van der Waals surface area contributed by atoms with Gasteiger partial charge in [-0.2, -0.15) is 5.10 Å². The van der Waals surface area contributed by atoms with Gasteiger partial charge in [0.1, 0.15) is 5.75 Å². The number of hydrogen-bond donors (Lipinski definition) is 3. The smallest absolute Gasteiger partial charge is 0.229 e. The quantitative estimate of drug-likeness (QED) is 0.784. The fourth-order valence-corrected chi connectivity index (χ4v) is 3.10. The number of benzene rings is 1. The average Bonchev–Trinajstić information content (AvgIpc) is 3.20. The minimum Gasteiger partial charge on any atom is -0.496 e. The van der Waals surface area contributed by atoms with Gasteiger partial charge in [-0.25, -0.2) is 0 Å². The molecule has 1 amide bonds. The summed E-state index contributed by atoms with van der Waals surface area (Å²) in [4.78, 5) is 12.4. The van der Waals surface area contributed by atoms with Crippen LogP contribution in [0.5, 0.6) is 5.75 Å². The number of carbonyl (C=O) groups is 1. The molecule has 0 radical (unpaired) electrons. The van der Waals surface area contributed by atoms with Crippen LogP contribution in [0.1, 0.15) is 23.6 Å². The topological polar surface area (TPSA) is 79.0 Å². The van der Waals surface area contributed by atoms with Gasteiger partial charge in [-0.15, -0.1) is 0 Å². The molecule has 0 aliphatic carbocycles. The van der Waals surface area contributed by atoms with Crippen molar-refractivity contribution in [2.45, 2.75) is 18.8 Å². The number of H-pyrrole nitrogens is 1. The number of nitrogens with one attached hydrogen (secondary N) is 3. The van der Waals surface area contributed by atoms with E-state index < -0.39 is 0 Å². The van der Waals surface area contributed by atoms with Crippen LogP contribution in [-0.4, -0.2) is 36.3 Å². The molecule has 1 aliphatic rings. The lowest BCUT2D eigenvalue weighted by atomic mass is 10.0. The molecule has 23 heavy (non-hydrogen) atoms. The molecule has 1 atom stereocenters. The number of ether oxygens (including phenoxy) is 1. The molecule has 2 heterocycles. The second-order valence-electron chi connectivity index (χ2n) is 5.53. The predicted octanol–water partition coefficient (Wildman–Crippen LogP) is 2.33. The molecule has 0 bridgehead atoms. The van der Waals surface area contributed by atoms with Crippen molar-refractivity contribution in [2.75, 3.05) is 25.5 Å². The molecule has 1 saturated heterocycles. The van der Waals surface area contributed by atoms with E-state index in [1.165, 1.54) is 0 Å². The average molecular weight is 335 g/mol. The van der Waals surface area contributed by atoms with E-state index in [1.807, 2.05) is 0 Å². The Morgan fingerprint density at radius 3 is 3.13 bits per heavy atom. The Bertz CT molecular complexity index is 695. The maximum atomic E-state index is 12.4. The zero-order valence-electron chi connectivity index (χ0n) is 12.9. The fourth-order valence-electron chi connectivity index (χ4n) is 2.86. The highest BCUT2D eigenvalue weighted by atomic mass is 35.5. The summed E-state index contributed by atoms with van der Waals surface area (Å²) >= 11 is 6.18. The number of rotatable bonds is 5. The number of methoxy groups -OCH3 is 1. The van der Waals surface area contributed by atoms with Crippen LogP contribution in [0.2, 0.25) is 5.02 Å². The molecule has 1 aromatic carbocycles. The van der Waals surface area contributed by atoms with Gasteiger partial charge in [-0.1, -0.05) is 17.7 Å². The number of hydrogen-bond acceptors (Lipinski definition) is 4. The lowest BCUT2D eigenvalue weighted by Crippen LogP contribution is -2.17. The van der Waals surface area contributed by atoms with E-state index in [0.29, 0.717) is 22.3 Å². The highest BCUT2D eigenvalue weighted by Gasteiger charge is 2.22. The first-order chi connectivity index (χ1) is 11.2. The van der Waals surface area contributed by atoms with Crippen molar-refractivity contribution in [2.24, 2.45) is 0 Å². The number of carbonyl (C=O) groups excluding carboxylic acids is 1. The van der Waals surface area contributed by atoms with Gasteiger partial charge >= 0.3 is 0 Å². The predicted molar refractivity (Wildman–Crippen MR) is 89.2 cm³/mol. The van der Waals surface area contributed by atoms with Gasteiger partial charge in [0, 0.05) is 23.0 Å². The third-order valence-corrected chi connectivity index (χ3v) is 4.40. The number of anilines is 1. The first kappa shape index (κ1) is 15.8. The Labute approximate surface area is 139 Å². The van der Waals surface area contributed by atoms with E-state index in [-0.39, 0.29) is 12.3 Å². The Morgan fingerprint density at radius 2 is 2.39 bits per heavy atom. The van der Waals surface area contributed by atoms with E-state index in [0.717, 1.165) is 30.9 Å². The lowest BCUT2D eigenvalue weighted by molar-refractivity contribution is -0.115. The standard InChI is InChI=1S/C16H19ClN4O2/c1-23-14-4-2-3-12(17)11(14)7-15(22)20-13-9-19-21-16(13)10-5-6-18-8-10/h2-4,9-10,18H,5-8H2,1H3,(H,19,21)(H,20,22). The van der Waals surface area contributed by atoms with Gasteiger partial charge < -0.3 is 15.4 Å². The maximum Gasteiger partial charge on any atom is 0.229 e. The van der Waals surface area contributed by atoms with E-state index >= 15 is 0 Å². The zero-order chi connectivity index (χ0) is 16.2. The third kappa shape index (κ3) is 3.48. The van der Waals surface area contributed by atoms with Gasteiger partial charge in [0.25, 0.3) is 0 Å². The molecule has 1 aliphatic heterocycles. The molecule has 1 aromatic heterocycles. The molecule has 1 unspecified atom stereocenters. The first-order valence-corrected chi connectivity index (χ1v) is 7.92. The van der Waals surface area contributed by atoms with E-state index in [1.54, 1.807) is 31.5 Å². The van der Waals surface area contributed by atoms with Crippen LogP contribution < -0.4 is 15.4 Å². The van der Waals surface area contributed by atoms with Crippen molar-refractivity contribution < 1.29 is 9.53 Å². The monoisotopic (exact) mass is 334 g/mol. The second kappa shape index (κ2) is 7.02. The summed E-state index contributed by atoms with van der Waals surface area (Å²) in [5, 5.41) is 13.8. The summed E-state index contributed by atoms with van der Waals surface area (Å²) in [5.74, 6) is 0.813. The van der Waals surface area contributed by atoms with Crippen LogP contribution in [0, 0.1) is 0 Å². The molecule has 1 fully saturated rings. The molecular weight excluding hydrogens is 316 g/mol. The molecule has 3 rings (SSSR count). The van der Waals surface area contributed by atoms with Gasteiger partial charge in [0.05, 0.1) is 31.1 Å². The number of halogens is 1. The Morgan fingerprint density at radius 1 is 1.52 bits per heavy atom. The normalized spacial score (nSPS) is 17.2. The van der Waals surface area contributed by atoms with Gasteiger partial charge in [-0.05, 0) is 25.1 Å². The van der Waals surface area contributed by atoms with Gasteiger partial charge in [-0.3, -0.25) is 9.89 Å². The Balaban J connectivity index is 1.72. The van der Waals surface area contributed by atoms with E-state index in [4.69, 9.17) is 16.3 Å². The van der Waals surface area contributed by atoms with Crippen molar-refractivity contribution in [3.05, 3.63) is 40.7 Å². The zero-order valence-corrected chi connectivity index (χ0v) is 13.6. The van der Waals surface area contributed by atoms with Crippen molar-refractivity contribution >= 4 is 23.2 Å². The van der Waals surface area contributed by atoms with Crippen LogP contribution >= 0.6 is 11.6 Å². The number of amides is 1. The summed E-state index contributed by atoms with van der Waals surface area (Å²) in [6.45, 7) is 1.87. The van der Waals surface area contributed by atoms with Crippen LogP contribution in [0.3, 0.4) is 0 Å². The fraction of sp³-hybridized carbons (Fsp3) is 0.375. The van der Waals surface area contributed by atoms with Crippen molar-refractivity contribution in [3.63, 3.8) is 0 Å². The number of nitrogens with zero attached hydrogens (tertiary/aromatic N) is 1. The molecule has 6 nitrogen and oxygen atoms in total. The molecule has 3 N–H and O–H groups in total. The van der Waals surface area contributed by atoms with E-state index in [2.05, 4.69) is 20.8 Å². The van der Waals surface area contributed by atoms with E-state index in [9.17, 15) is 4.79 Å². The number of aromatic nitrogens is 2. The van der Waals surface area contributed by atoms with Crippen LogP contribution in [0.15, 0.2) is 24.4 Å². The summed E-state index contributed by atoms with van der Waals surface area (Å²) in [5.41, 5.74) is 2.38. The van der Waals surface area contributed by atoms with Crippen molar-refractivity contribution in [3.8, 4) is 5.75 Å². The molecule has 0 saturated carbocycles. The van der Waals surface area contributed by atoms with Crippen LogP contribution in [0.4, 0.5) is 5.69 Å². The summed E-state index contributed by atoms with van der Waals surface area (Å²) in [6, 6.07) is 5.34. The molecular formula is C16H19ClN4O2. The summed E-state index contributed by atoms with van der Waals surface area (Å²) in [7, 11) is 1.56. The summed E-state index contributed by atoms with van der Waals surface area (Å²) < 4.78 is 5.28. The molecule has 122 valence electrons. The van der Waals surface area contributed by atoms with Gasteiger partial charge in [0.2, 0.25) is 5.91 Å². The summed E-state index contributed by atoms with van der Waals surface area (Å²) in [6.07, 6.45) is 2.83. The Kier molecular flexibility index (Phi) is 4.83. The van der Waals surface area contributed by atoms with Gasteiger partial charge in [0.15, 0.2) is 0 Å². The molecule has 7 heteroatoms. The highest BCUT2D eigenvalue weighted by molar-refractivity contribution is 6.31. The minimum atomic E-state index is -0.148. The second-order valence-corrected chi connectivity index (χ2v) is 5.94. The minimum absolute atomic E-state index is 0.148. The Hall–Kier alpha value is -2.05. The lowest BCUT2D eigenvalue weighted by Gasteiger charge is -2.12. The SMILES string of the molecule is COc1cccc(Cl)c1CC(=O)Nc1cn[nH]c1C1CCNC1. The van der Waals surface area contributed by atoms with Crippen LogP contribution in [-0.2, 0) is 11.2 Å².